The van der Waals surface area contributed by atoms with E-state index >= 15 is 0 Å². The first-order chi connectivity index (χ1) is 11.6. The lowest BCUT2D eigenvalue weighted by atomic mass is 10.2. The van der Waals surface area contributed by atoms with Crippen LogP contribution >= 0.6 is 0 Å². The third kappa shape index (κ3) is 2.50. The molecular weight excluding hydrogens is 326 g/mol. The predicted octanol–water partition coefficient (Wildman–Crippen LogP) is 2.36. The fourth-order valence-corrected chi connectivity index (χ4v) is 4.82. The highest BCUT2D eigenvalue weighted by Crippen LogP contribution is 2.46. The molecule has 24 heavy (non-hydrogen) atoms. The molecule has 1 saturated carbocycles. The van der Waals surface area contributed by atoms with Gasteiger partial charge in [-0.1, -0.05) is 30.3 Å². The molecule has 124 valence electrons. The molecule has 1 aliphatic carbocycles. The van der Waals surface area contributed by atoms with E-state index in [0.29, 0.717) is 17.1 Å². The van der Waals surface area contributed by atoms with Gasteiger partial charge in [0.15, 0.2) is 0 Å². The van der Waals surface area contributed by atoms with Crippen LogP contribution in [0.1, 0.15) is 12.8 Å². The molecule has 2 aromatic carbocycles. The van der Waals surface area contributed by atoms with Crippen LogP contribution in [0.25, 0.3) is 0 Å². The van der Waals surface area contributed by atoms with Crippen LogP contribution in [0.4, 0.5) is 17.1 Å². The van der Waals surface area contributed by atoms with E-state index in [0.717, 1.165) is 12.8 Å². The van der Waals surface area contributed by atoms with Gasteiger partial charge in [0.1, 0.15) is 6.54 Å². The van der Waals surface area contributed by atoms with Crippen molar-refractivity contribution in [2.75, 3.05) is 20.5 Å². The van der Waals surface area contributed by atoms with Crippen LogP contribution in [0.2, 0.25) is 0 Å². The fraction of sp³-hybridized carbons (Fsp3) is 0.235. The Labute approximate surface area is 140 Å². The molecule has 1 N–H and O–H groups in total. The fourth-order valence-electron chi connectivity index (χ4n) is 2.93. The van der Waals surface area contributed by atoms with E-state index in [4.69, 9.17) is 0 Å². The maximum atomic E-state index is 12.9. The summed E-state index contributed by atoms with van der Waals surface area (Å²) in [5.74, 6) is -0.364. The molecule has 1 aliphatic heterocycles. The molecule has 0 unspecified atom stereocenters. The number of hydrogen-bond acceptors (Lipinski definition) is 3. The molecule has 1 amide bonds. The lowest BCUT2D eigenvalue weighted by molar-refractivity contribution is -0.114. The molecule has 7 heteroatoms. The van der Waals surface area contributed by atoms with E-state index in [1.807, 2.05) is 24.3 Å². The molecule has 0 bridgehead atoms. The minimum atomic E-state index is -3.71. The van der Waals surface area contributed by atoms with E-state index in [-0.39, 0.29) is 18.5 Å². The summed E-state index contributed by atoms with van der Waals surface area (Å²) >= 11 is 0. The first-order valence-corrected chi connectivity index (χ1v) is 9.23. The van der Waals surface area contributed by atoms with Crippen molar-refractivity contribution >= 4 is 33.2 Å². The number of benzene rings is 2. The second-order valence-corrected chi connectivity index (χ2v) is 7.67. The monoisotopic (exact) mass is 343 g/mol. The molecule has 4 rings (SSSR count). The van der Waals surface area contributed by atoms with Crippen molar-refractivity contribution in [3.05, 3.63) is 54.6 Å². The smallest absolute Gasteiger partial charge is 0.325 e. The molecule has 0 radical (unpaired) electrons. The topological polar surface area (TPSA) is 69.7 Å². The van der Waals surface area contributed by atoms with Gasteiger partial charge in [0.2, 0.25) is 5.91 Å². The van der Waals surface area contributed by atoms with Gasteiger partial charge in [-0.05, 0) is 37.1 Å². The summed E-state index contributed by atoms with van der Waals surface area (Å²) in [6.45, 7) is -0.239. The molecule has 0 spiro atoms. The number of carbonyl (C=O) groups excluding carboxylic acids is 1. The Morgan fingerprint density at radius 2 is 1.62 bits per heavy atom. The van der Waals surface area contributed by atoms with E-state index in [1.165, 1.54) is 8.61 Å². The largest absolute Gasteiger partial charge is 0.327 e. The molecular formula is C17H17N3O3S. The second kappa shape index (κ2) is 5.52. The first-order valence-electron chi connectivity index (χ1n) is 7.83. The van der Waals surface area contributed by atoms with Crippen molar-refractivity contribution in [1.82, 2.24) is 0 Å². The second-order valence-electron chi connectivity index (χ2n) is 5.94. The van der Waals surface area contributed by atoms with Crippen LogP contribution in [0.15, 0.2) is 54.6 Å². The summed E-state index contributed by atoms with van der Waals surface area (Å²) in [6.07, 6.45) is 1.72. The van der Waals surface area contributed by atoms with E-state index in [1.54, 1.807) is 30.3 Å². The normalized spacial score (nSPS) is 18.3. The number of nitrogens with one attached hydrogen (secondary N) is 1. The van der Waals surface area contributed by atoms with Crippen LogP contribution in [-0.4, -0.2) is 26.9 Å². The van der Waals surface area contributed by atoms with Crippen molar-refractivity contribution in [3.8, 4) is 0 Å². The Morgan fingerprint density at radius 1 is 1.00 bits per heavy atom. The number of rotatable bonds is 4. The number of hydrogen-bond donors (Lipinski definition) is 1. The van der Waals surface area contributed by atoms with Gasteiger partial charge >= 0.3 is 10.2 Å². The Kier molecular flexibility index (Phi) is 3.45. The zero-order valence-corrected chi connectivity index (χ0v) is 13.7. The minimum Gasteiger partial charge on any atom is -0.325 e. The highest BCUT2D eigenvalue weighted by Gasteiger charge is 2.47. The van der Waals surface area contributed by atoms with Crippen molar-refractivity contribution in [2.45, 2.75) is 18.9 Å². The summed E-state index contributed by atoms with van der Waals surface area (Å²) in [4.78, 5) is 12.3. The summed E-state index contributed by atoms with van der Waals surface area (Å²) in [6, 6.07) is 16.2. The predicted molar refractivity (Wildman–Crippen MR) is 93.3 cm³/mol. The Morgan fingerprint density at radius 3 is 2.29 bits per heavy atom. The van der Waals surface area contributed by atoms with Crippen molar-refractivity contribution in [2.24, 2.45) is 0 Å². The third-order valence-electron chi connectivity index (χ3n) is 4.14. The summed E-state index contributed by atoms with van der Waals surface area (Å²) in [5.41, 5.74) is 1.87. The number of amides is 1. The minimum absolute atomic E-state index is 0.0123. The van der Waals surface area contributed by atoms with Crippen LogP contribution in [0.5, 0.6) is 0 Å². The van der Waals surface area contributed by atoms with Crippen LogP contribution in [0, 0.1) is 0 Å². The number of carbonyl (C=O) groups is 1. The third-order valence-corrected chi connectivity index (χ3v) is 6.01. The van der Waals surface area contributed by atoms with Gasteiger partial charge in [-0.3, -0.25) is 4.79 Å². The first kappa shape index (κ1) is 15.0. The average Bonchev–Trinajstić information content (AvgIpc) is 3.36. The number of anilines is 3. The maximum Gasteiger partial charge on any atom is 0.327 e. The molecule has 0 saturated heterocycles. The van der Waals surface area contributed by atoms with Gasteiger partial charge in [0, 0.05) is 11.7 Å². The molecule has 2 aromatic rings. The van der Waals surface area contributed by atoms with Gasteiger partial charge in [0.25, 0.3) is 0 Å². The Hall–Kier alpha value is -2.54. The molecule has 2 aliphatic rings. The highest BCUT2D eigenvalue weighted by molar-refractivity contribution is 7.94. The van der Waals surface area contributed by atoms with Crippen LogP contribution in [0.3, 0.4) is 0 Å². The standard InChI is InChI=1S/C17H17N3O3S/c21-17(18-13-6-2-1-3-7-13)12-19-15-8-4-5-9-16(15)20(14-10-11-14)24(19,22)23/h1-9,14H,10-12H2,(H,18,21). The summed E-state index contributed by atoms with van der Waals surface area (Å²) in [7, 11) is -3.71. The average molecular weight is 343 g/mol. The van der Waals surface area contributed by atoms with Gasteiger partial charge in [0.05, 0.1) is 11.4 Å². The zero-order chi connectivity index (χ0) is 16.7. The Balaban J connectivity index is 1.61. The van der Waals surface area contributed by atoms with Gasteiger partial charge in [-0.15, -0.1) is 0 Å². The van der Waals surface area contributed by atoms with E-state index in [2.05, 4.69) is 5.32 Å². The van der Waals surface area contributed by atoms with E-state index in [9.17, 15) is 13.2 Å². The number of fused-ring (bicyclic) bond motifs is 1. The molecule has 1 fully saturated rings. The van der Waals surface area contributed by atoms with E-state index < -0.39 is 10.2 Å². The lowest BCUT2D eigenvalue weighted by Gasteiger charge is -2.21. The molecule has 1 heterocycles. The molecule has 0 aromatic heterocycles. The van der Waals surface area contributed by atoms with Crippen LogP contribution < -0.4 is 13.9 Å². The number of nitrogens with zero attached hydrogens (tertiary/aromatic N) is 2. The van der Waals surface area contributed by atoms with Crippen molar-refractivity contribution < 1.29 is 13.2 Å². The SMILES string of the molecule is O=C(CN1c2ccccc2N(C2CC2)S1(=O)=O)Nc1ccccc1. The molecule has 6 nitrogen and oxygen atoms in total. The summed E-state index contributed by atoms with van der Waals surface area (Å²) in [5, 5.41) is 2.73. The zero-order valence-electron chi connectivity index (χ0n) is 12.9. The van der Waals surface area contributed by atoms with Gasteiger partial charge < -0.3 is 5.32 Å². The highest BCUT2D eigenvalue weighted by atomic mass is 32.2. The van der Waals surface area contributed by atoms with Gasteiger partial charge in [-0.25, -0.2) is 8.61 Å². The maximum absolute atomic E-state index is 12.9. The van der Waals surface area contributed by atoms with Crippen LogP contribution in [-0.2, 0) is 15.0 Å². The Bertz CT molecular complexity index is 879. The summed E-state index contributed by atoms with van der Waals surface area (Å²) < 4.78 is 28.4. The van der Waals surface area contributed by atoms with Gasteiger partial charge in [-0.2, -0.15) is 8.42 Å². The lowest BCUT2D eigenvalue weighted by Crippen LogP contribution is -2.42. The number of para-hydroxylation sites is 3. The van der Waals surface area contributed by atoms with Crippen molar-refractivity contribution in [1.29, 1.82) is 0 Å². The molecule has 0 atom stereocenters. The quantitative estimate of drug-likeness (QED) is 0.926. The van der Waals surface area contributed by atoms with Crippen molar-refractivity contribution in [3.63, 3.8) is 0 Å².